The van der Waals surface area contributed by atoms with Gasteiger partial charge in [-0.3, -0.25) is 0 Å². The first-order chi connectivity index (χ1) is 8.78. The van der Waals surface area contributed by atoms with Crippen LogP contribution in [0, 0.1) is 11.6 Å². The first kappa shape index (κ1) is 16.0. The smallest absolute Gasteiger partial charge is 0.181 e. The Balaban J connectivity index is 2.93. The van der Waals surface area contributed by atoms with Crippen molar-refractivity contribution in [1.82, 2.24) is 5.32 Å². The molecule has 6 heteroatoms. The second-order valence-corrected chi connectivity index (χ2v) is 6.99. The number of hydrogen-bond donors (Lipinski definition) is 1. The molecule has 0 bridgehead atoms. The third-order valence-electron chi connectivity index (χ3n) is 2.99. The van der Waals surface area contributed by atoms with Gasteiger partial charge in [-0.15, -0.1) is 0 Å². The molecule has 0 fully saturated rings. The molecule has 0 radical (unpaired) electrons. The predicted molar refractivity (Wildman–Crippen MR) is 70.8 cm³/mol. The molecule has 0 amide bonds. The fraction of sp³-hybridized carbons (Fsp3) is 0.538. The van der Waals surface area contributed by atoms with Crippen molar-refractivity contribution in [1.29, 1.82) is 0 Å². The van der Waals surface area contributed by atoms with Gasteiger partial charge < -0.3 is 5.32 Å². The lowest BCUT2D eigenvalue weighted by atomic mass is 10.2. The molecule has 0 aliphatic rings. The monoisotopic (exact) mass is 291 g/mol. The summed E-state index contributed by atoms with van der Waals surface area (Å²) in [6.45, 7) is 6.15. The van der Waals surface area contributed by atoms with Crippen LogP contribution in [-0.2, 0) is 9.84 Å². The lowest BCUT2D eigenvalue weighted by Gasteiger charge is -2.18. The van der Waals surface area contributed by atoms with Gasteiger partial charge in [-0.2, -0.15) is 0 Å². The first-order valence-electron chi connectivity index (χ1n) is 6.21. The van der Waals surface area contributed by atoms with E-state index in [4.69, 9.17) is 0 Å². The molecule has 0 saturated heterocycles. The van der Waals surface area contributed by atoms with E-state index in [1.807, 2.05) is 13.8 Å². The van der Waals surface area contributed by atoms with Gasteiger partial charge in [-0.05, 0) is 45.0 Å². The lowest BCUT2D eigenvalue weighted by molar-refractivity contribution is 0.499. The van der Waals surface area contributed by atoms with Crippen LogP contribution in [0.15, 0.2) is 23.1 Å². The van der Waals surface area contributed by atoms with Crippen molar-refractivity contribution in [2.45, 2.75) is 43.4 Å². The summed E-state index contributed by atoms with van der Waals surface area (Å²) in [5.41, 5.74) is 0. The molecule has 0 saturated carbocycles. The molecule has 1 rings (SSSR count). The summed E-state index contributed by atoms with van der Waals surface area (Å²) < 4.78 is 50.4. The second-order valence-electron chi connectivity index (χ2n) is 4.63. The highest BCUT2D eigenvalue weighted by atomic mass is 32.2. The van der Waals surface area contributed by atoms with Crippen molar-refractivity contribution < 1.29 is 17.2 Å². The van der Waals surface area contributed by atoms with E-state index in [1.54, 1.807) is 6.92 Å². The Morgan fingerprint density at radius 2 is 1.84 bits per heavy atom. The molecule has 0 aromatic heterocycles. The van der Waals surface area contributed by atoms with Gasteiger partial charge in [-0.1, -0.05) is 6.92 Å². The molecule has 0 heterocycles. The standard InChI is InChI=1S/C13H19F2NO2S/c1-4-16-9(2)7-10(3)19(17,18)11-5-6-12(14)13(15)8-11/h5-6,8-10,16H,4,7H2,1-3H3. The zero-order chi connectivity index (χ0) is 14.6. The van der Waals surface area contributed by atoms with Gasteiger partial charge in [0.25, 0.3) is 0 Å². The second kappa shape index (κ2) is 6.43. The summed E-state index contributed by atoms with van der Waals surface area (Å²) in [4.78, 5) is -0.178. The van der Waals surface area contributed by atoms with Gasteiger partial charge in [0.15, 0.2) is 21.5 Å². The fourth-order valence-electron chi connectivity index (χ4n) is 1.94. The highest BCUT2D eigenvalue weighted by Gasteiger charge is 2.25. The van der Waals surface area contributed by atoms with Crippen molar-refractivity contribution >= 4 is 9.84 Å². The fourth-order valence-corrected chi connectivity index (χ4v) is 3.47. The summed E-state index contributed by atoms with van der Waals surface area (Å²) in [6.07, 6.45) is 0.412. The topological polar surface area (TPSA) is 46.2 Å². The van der Waals surface area contributed by atoms with Gasteiger partial charge in [0.2, 0.25) is 0 Å². The number of sulfone groups is 1. The molecule has 3 nitrogen and oxygen atoms in total. The molecule has 0 aliphatic carbocycles. The van der Waals surface area contributed by atoms with E-state index in [1.165, 1.54) is 0 Å². The van der Waals surface area contributed by atoms with E-state index in [0.717, 1.165) is 24.7 Å². The summed E-state index contributed by atoms with van der Waals surface area (Å²) >= 11 is 0. The van der Waals surface area contributed by atoms with Crippen LogP contribution in [0.25, 0.3) is 0 Å². The number of hydrogen-bond acceptors (Lipinski definition) is 3. The maximum atomic E-state index is 13.1. The molecule has 1 aromatic carbocycles. The molecule has 1 N–H and O–H groups in total. The van der Waals surface area contributed by atoms with E-state index < -0.39 is 26.7 Å². The molecular formula is C13H19F2NO2S. The largest absolute Gasteiger partial charge is 0.314 e. The normalized spacial score (nSPS) is 15.2. The third kappa shape index (κ3) is 3.98. The van der Waals surface area contributed by atoms with Crippen molar-refractivity contribution in [3.05, 3.63) is 29.8 Å². The van der Waals surface area contributed by atoms with Crippen molar-refractivity contribution in [2.24, 2.45) is 0 Å². The van der Waals surface area contributed by atoms with Crippen LogP contribution in [0.2, 0.25) is 0 Å². The molecule has 0 aliphatic heterocycles. The Bertz CT molecular complexity index is 531. The molecule has 1 aromatic rings. The van der Waals surface area contributed by atoms with E-state index in [2.05, 4.69) is 5.32 Å². The van der Waals surface area contributed by atoms with Crippen LogP contribution in [0.5, 0.6) is 0 Å². The van der Waals surface area contributed by atoms with Crippen LogP contribution in [-0.4, -0.2) is 26.3 Å². The molecule has 108 valence electrons. The van der Waals surface area contributed by atoms with Crippen molar-refractivity contribution in [3.8, 4) is 0 Å². The average Bonchev–Trinajstić information content (AvgIpc) is 2.32. The highest BCUT2D eigenvalue weighted by Crippen LogP contribution is 2.21. The maximum Gasteiger partial charge on any atom is 0.181 e. The predicted octanol–water partition coefficient (Wildman–Crippen LogP) is 2.52. The van der Waals surface area contributed by atoms with Crippen LogP contribution >= 0.6 is 0 Å². The first-order valence-corrected chi connectivity index (χ1v) is 7.76. The Hall–Kier alpha value is -1.01. The zero-order valence-corrected chi connectivity index (χ0v) is 12.1. The number of nitrogens with one attached hydrogen (secondary N) is 1. The molecule has 0 spiro atoms. The van der Waals surface area contributed by atoms with Gasteiger partial charge in [0, 0.05) is 6.04 Å². The Morgan fingerprint density at radius 3 is 2.37 bits per heavy atom. The number of benzene rings is 1. The Morgan fingerprint density at radius 1 is 1.21 bits per heavy atom. The van der Waals surface area contributed by atoms with Gasteiger partial charge in [0.1, 0.15) is 0 Å². The highest BCUT2D eigenvalue weighted by molar-refractivity contribution is 7.92. The Kier molecular flexibility index (Phi) is 5.43. The van der Waals surface area contributed by atoms with E-state index in [-0.39, 0.29) is 10.9 Å². The minimum atomic E-state index is -3.64. The number of halogens is 2. The summed E-state index contributed by atoms with van der Waals surface area (Å²) in [5.74, 6) is -2.19. The van der Waals surface area contributed by atoms with Crippen LogP contribution < -0.4 is 5.32 Å². The summed E-state index contributed by atoms with van der Waals surface area (Å²) in [6, 6.07) is 2.71. The zero-order valence-electron chi connectivity index (χ0n) is 11.3. The number of rotatable bonds is 6. The van der Waals surface area contributed by atoms with E-state index in [9.17, 15) is 17.2 Å². The van der Waals surface area contributed by atoms with Crippen LogP contribution in [0.3, 0.4) is 0 Å². The third-order valence-corrected chi connectivity index (χ3v) is 5.15. The molecule has 2 unspecified atom stereocenters. The lowest BCUT2D eigenvalue weighted by Crippen LogP contribution is -2.32. The van der Waals surface area contributed by atoms with E-state index in [0.29, 0.717) is 6.42 Å². The van der Waals surface area contributed by atoms with Gasteiger partial charge in [0.05, 0.1) is 10.1 Å². The summed E-state index contributed by atoms with van der Waals surface area (Å²) in [7, 11) is -3.64. The molecule has 2 atom stereocenters. The van der Waals surface area contributed by atoms with E-state index >= 15 is 0 Å². The SMILES string of the molecule is CCNC(C)CC(C)S(=O)(=O)c1ccc(F)c(F)c1. The van der Waals surface area contributed by atoms with Gasteiger partial charge >= 0.3 is 0 Å². The van der Waals surface area contributed by atoms with Gasteiger partial charge in [-0.25, -0.2) is 17.2 Å². The Labute approximate surface area is 112 Å². The van der Waals surface area contributed by atoms with Crippen LogP contribution in [0.4, 0.5) is 8.78 Å². The van der Waals surface area contributed by atoms with Crippen LogP contribution in [0.1, 0.15) is 27.2 Å². The minimum Gasteiger partial charge on any atom is -0.314 e. The molecular weight excluding hydrogens is 272 g/mol. The maximum absolute atomic E-state index is 13.1. The molecule has 19 heavy (non-hydrogen) atoms. The van der Waals surface area contributed by atoms with Crippen molar-refractivity contribution in [2.75, 3.05) is 6.54 Å². The average molecular weight is 291 g/mol. The van der Waals surface area contributed by atoms with Crippen molar-refractivity contribution in [3.63, 3.8) is 0 Å². The minimum absolute atomic E-state index is 0.0417. The quantitative estimate of drug-likeness (QED) is 0.819. The summed E-state index contributed by atoms with van der Waals surface area (Å²) in [5, 5.41) is 2.46.